The lowest BCUT2D eigenvalue weighted by Gasteiger charge is -2.15. The van der Waals surface area contributed by atoms with Gasteiger partial charge >= 0.3 is 11.1 Å². The number of pyridine rings is 1. The Bertz CT molecular complexity index is 1060. The minimum atomic E-state index is -0.518. The fourth-order valence-electron chi connectivity index (χ4n) is 4.03. The highest BCUT2D eigenvalue weighted by Crippen LogP contribution is 2.55. The number of rotatable bonds is 4. The molecular formula is C19H18N4O3. The summed E-state index contributed by atoms with van der Waals surface area (Å²) < 4.78 is 8.31. The molecule has 0 spiro atoms. The van der Waals surface area contributed by atoms with Crippen molar-refractivity contribution < 1.29 is 4.52 Å². The van der Waals surface area contributed by atoms with Crippen molar-refractivity contribution in [2.45, 2.75) is 31.8 Å². The number of hydrogen-bond donors (Lipinski definition) is 0. The van der Waals surface area contributed by atoms with Gasteiger partial charge in [-0.1, -0.05) is 11.2 Å². The highest BCUT2D eigenvalue weighted by molar-refractivity contribution is 5.51. The van der Waals surface area contributed by atoms with E-state index in [0.717, 1.165) is 24.7 Å². The predicted octanol–water partition coefficient (Wildman–Crippen LogP) is 2.08. The summed E-state index contributed by atoms with van der Waals surface area (Å²) in [6, 6.07) is 7.43. The van der Waals surface area contributed by atoms with Gasteiger partial charge in [0.1, 0.15) is 11.4 Å². The molecule has 2 aliphatic carbocycles. The van der Waals surface area contributed by atoms with Gasteiger partial charge in [0.25, 0.3) is 0 Å². The Hall–Kier alpha value is -2.96. The van der Waals surface area contributed by atoms with Gasteiger partial charge in [-0.05, 0) is 43.2 Å². The van der Waals surface area contributed by atoms with Crippen LogP contribution >= 0.6 is 0 Å². The summed E-state index contributed by atoms with van der Waals surface area (Å²) in [5, 5.41) is 3.99. The van der Waals surface area contributed by atoms with Gasteiger partial charge in [-0.3, -0.25) is 14.6 Å². The summed E-state index contributed by atoms with van der Waals surface area (Å²) in [6.45, 7) is 0.196. The Morgan fingerprint density at radius 2 is 1.92 bits per heavy atom. The van der Waals surface area contributed by atoms with E-state index in [1.54, 1.807) is 29.2 Å². The number of nitrogens with zero attached hydrogens (tertiary/aromatic N) is 4. The van der Waals surface area contributed by atoms with Crippen LogP contribution in [-0.2, 0) is 6.54 Å². The van der Waals surface area contributed by atoms with E-state index in [1.165, 1.54) is 11.0 Å². The Labute approximate surface area is 148 Å². The van der Waals surface area contributed by atoms with Crippen LogP contribution in [0.15, 0.2) is 57.0 Å². The van der Waals surface area contributed by atoms with Crippen LogP contribution in [0.2, 0.25) is 0 Å². The molecule has 0 N–H and O–H groups in total. The molecule has 132 valence electrons. The molecule has 0 amide bonds. The second kappa shape index (κ2) is 5.79. The lowest BCUT2D eigenvalue weighted by molar-refractivity contribution is 0.417. The molecule has 2 fully saturated rings. The van der Waals surface area contributed by atoms with Crippen LogP contribution in [0.25, 0.3) is 11.5 Å². The summed E-state index contributed by atoms with van der Waals surface area (Å²) >= 11 is 0. The first-order valence-electron chi connectivity index (χ1n) is 8.87. The molecule has 3 aromatic heterocycles. The fourth-order valence-corrected chi connectivity index (χ4v) is 4.03. The Morgan fingerprint density at radius 3 is 2.69 bits per heavy atom. The molecule has 2 aliphatic rings. The molecule has 7 nitrogen and oxygen atoms in total. The monoisotopic (exact) mass is 350 g/mol. The molecule has 2 unspecified atom stereocenters. The van der Waals surface area contributed by atoms with E-state index in [-0.39, 0.29) is 12.6 Å². The van der Waals surface area contributed by atoms with Crippen molar-refractivity contribution in [2.75, 3.05) is 0 Å². The van der Waals surface area contributed by atoms with Crippen molar-refractivity contribution in [2.24, 2.45) is 11.8 Å². The smallest absolute Gasteiger partial charge is 0.316 e. The summed E-state index contributed by atoms with van der Waals surface area (Å²) in [5.41, 5.74) is 0.281. The van der Waals surface area contributed by atoms with Crippen molar-refractivity contribution in [3.05, 3.63) is 69.3 Å². The normalized spacial score (nSPS) is 23.8. The molecule has 0 bridgehead atoms. The maximum absolute atomic E-state index is 12.5. The minimum Gasteiger partial charge on any atom is -0.354 e. The highest BCUT2D eigenvalue weighted by Gasteiger charge is 2.46. The maximum Gasteiger partial charge on any atom is 0.316 e. The maximum atomic E-state index is 12.5. The molecule has 0 saturated heterocycles. The van der Waals surface area contributed by atoms with E-state index in [0.29, 0.717) is 17.1 Å². The van der Waals surface area contributed by atoms with Crippen LogP contribution < -0.4 is 11.1 Å². The van der Waals surface area contributed by atoms with Gasteiger partial charge in [-0.2, -0.15) is 0 Å². The van der Waals surface area contributed by atoms with E-state index in [4.69, 9.17) is 4.52 Å². The van der Waals surface area contributed by atoms with E-state index >= 15 is 0 Å². The van der Waals surface area contributed by atoms with Gasteiger partial charge in [0.15, 0.2) is 5.76 Å². The Balaban J connectivity index is 1.39. The van der Waals surface area contributed by atoms with Gasteiger partial charge in [-0.25, -0.2) is 0 Å². The van der Waals surface area contributed by atoms with Crippen molar-refractivity contribution >= 4 is 0 Å². The minimum absolute atomic E-state index is 0.177. The average Bonchev–Trinajstić information content (AvgIpc) is 3.06. The van der Waals surface area contributed by atoms with Crippen molar-refractivity contribution in [3.63, 3.8) is 0 Å². The molecule has 2 saturated carbocycles. The number of aromatic nitrogens is 4. The van der Waals surface area contributed by atoms with Crippen LogP contribution in [0.4, 0.5) is 0 Å². The number of fused-ring (bicyclic) bond motifs is 1. The fraction of sp³-hybridized carbons (Fsp3) is 0.368. The second-order valence-corrected chi connectivity index (χ2v) is 7.22. The van der Waals surface area contributed by atoms with E-state index in [2.05, 4.69) is 10.1 Å². The first kappa shape index (κ1) is 15.3. The molecule has 7 heteroatoms. The van der Waals surface area contributed by atoms with Crippen LogP contribution in [0.1, 0.15) is 31.0 Å². The van der Waals surface area contributed by atoms with Gasteiger partial charge in [0, 0.05) is 30.7 Å². The second-order valence-electron chi connectivity index (χ2n) is 7.22. The third-order valence-electron chi connectivity index (χ3n) is 5.51. The highest BCUT2D eigenvalue weighted by atomic mass is 16.5. The largest absolute Gasteiger partial charge is 0.354 e. The quantitative estimate of drug-likeness (QED) is 0.673. The third kappa shape index (κ3) is 2.60. The average molecular weight is 350 g/mol. The summed E-state index contributed by atoms with van der Waals surface area (Å²) in [4.78, 5) is 29.2. The molecule has 0 aromatic carbocycles. The van der Waals surface area contributed by atoms with E-state index in [9.17, 15) is 9.59 Å². The summed E-state index contributed by atoms with van der Waals surface area (Å²) in [7, 11) is 0. The van der Waals surface area contributed by atoms with Crippen LogP contribution in [0, 0.1) is 11.8 Å². The predicted molar refractivity (Wildman–Crippen MR) is 93.7 cm³/mol. The first-order valence-corrected chi connectivity index (χ1v) is 8.87. The topological polar surface area (TPSA) is 82.9 Å². The summed E-state index contributed by atoms with van der Waals surface area (Å²) in [6.07, 6.45) is 8.40. The zero-order chi connectivity index (χ0) is 17.7. The zero-order valence-corrected chi connectivity index (χ0v) is 14.1. The Kier molecular flexibility index (Phi) is 3.41. The lowest BCUT2D eigenvalue weighted by atomic mass is 10.1. The van der Waals surface area contributed by atoms with E-state index in [1.807, 2.05) is 18.2 Å². The Morgan fingerprint density at radius 1 is 1.08 bits per heavy atom. The molecule has 26 heavy (non-hydrogen) atoms. The van der Waals surface area contributed by atoms with Crippen LogP contribution in [0.3, 0.4) is 0 Å². The first-order chi connectivity index (χ1) is 12.7. The summed E-state index contributed by atoms with van der Waals surface area (Å²) in [5.74, 6) is 2.05. The molecular weight excluding hydrogens is 332 g/mol. The van der Waals surface area contributed by atoms with Crippen molar-refractivity contribution in [3.8, 4) is 11.5 Å². The molecule has 3 aromatic rings. The van der Waals surface area contributed by atoms with Gasteiger partial charge in [0.05, 0.1) is 6.54 Å². The van der Waals surface area contributed by atoms with E-state index < -0.39 is 11.1 Å². The molecule has 2 atom stereocenters. The molecule has 5 rings (SSSR count). The van der Waals surface area contributed by atoms with Gasteiger partial charge < -0.3 is 13.7 Å². The van der Waals surface area contributed by atoms with Crippen LogP contribution in [0.5, 0.6) is 0 Å². The van der Waals surface area contributed by atoms with Crippen LogP contribution in [-0.4, -0.2) is 19.3 Å². The number of hydrogen-bond acceptors (Lipinski definition) is 5. The van der Waals surface area contributed by atoms with Crippen molar-refractivity contribution in [1.82, 2.24) is 19.3 Å². The zero-order valence-electron chi connectivity index (χ0n) is 14.1. The third-order valence-corrected chi connectivity index (χ3v) is 5.51. The SMILES string of the molecule is O=c1c(=O)n(C2CC3CC3C2)ccn1Cc1cc(-c2ccccn2)on1. The molecule has 0 aliphatic heterocycles. The lowest BCUT2D eigenvalue weighted by Crippen LogP contribution is -2.42. The van der Waals surface area contributed by atoms with Gasteiger partial charge in [0.2, 0.25) is 0 Å². The van der Waals surface area contributed by atoms with Gasteiger partial charge in [-0.15, -0.1) is 0 Å². The molecule has 0 radical (unpaired) electrons. The van der Waals surface area contributed by atoms with Crippen molar-refractivity contribution in [1.29, 1.82) is 0 Å². The standard InChI is InChI=1S/C19H18N4O3/c24-18-19(25)23(15-8-12-7-13(12)9-15)6-5-22(18)11-14-10-17(26-21-14)16-3-1-2-4-20-16/h1-6,10,12-13,15H,7-9,11H2. The molecule has 3 heterocycles.